The van der Waals surface area contributed by atoms with Crippen LogP contribution in [0.3, 0.4) is 0 Å². The normalized spacial score (nSPS) is 24.4. The Morgan fingerprint density at radius 3 is 2.69 bits per heavy atom. The second-order valence-corrected chi connectivity index (χ2v) is 7.88. The van der Waals surface area contributed by atoms with Crippen molar-refractivity contribution in [2.24, 2.45) is 5.92 Å². The van der Waals surface area contributed by atoms with E-state index in [1.807, 2.05) is 24.1 Å². The molecule has 1 fully saturated rings. The fraction of sp³-hybridized carbons (Fsp3) is 0.350. The largest absolute Gasteiger partial charge is 0.394 e. The smallest absolute Gasteiger partial charge is 0.254 e. The molecule has 2 aromatic rings. The molecule has 0 bridgehead atoms. The number of carbonyl (C=O) groups is 1. The fourth-order valence-electron chi connectivity index (χ4n) is 4.41. The lowest BCUT2D eigenvalue weighted by Crippen LogP contribution is -2.48. The summed E-state index contributed by atoms with van der Waals surface area (Å²) in [6, 6.07) is 11.6. The molecule has 4 rings (SSSR count). The van der Waals surface area contributed by atoms with Crippen LogP contribution in [0.1, 0.15) is 28.4 Å². The maximum Gasteiger partial charge on any atom is 0.254 e. The number of aliphatic hydroxyl groups is 1. The second kappa shape index (κ2) is 6.67. The van der Waals surface area contributed by atoms with Crippen LogP contribution in [-0.4, -0.2) is 42.2 Å². The lowest BCUT2D eigenvalue weighted by atomic mass is 9.82. The average Bonchev–Trinajstić information content (AvgIpc) is 3.07. The summed E-state index contributed by atoms with van der Waals surface area (Å²) in [6.45, 7) is 0.674. The molecule has 2 aromatic carbocycles. The molecule has 4 nitrogen and oxygen atoms in total. The molecule has 2 heterocycles. The summed E-state index contributed by atoms with van der Waals surface area (Å²) in [4.78, 5) is 17.1. The van der Waals surface area contributed by atoms with Crippen molar-refractivity contribution in [3.8, 4) is 0 Å². The van der Waals surface area contributed by atoms with Crippen LogP contribution in [0.25, 0.3) is 0 Å². The summed E-state index contributed by atoms with van der Waals surface area (Å²) < 4.78 is 14.2. The third-order valence-corrected chi connectivity index (χ3v) is 6.16. The summed E-state index contributed by atoms with van der Waals surface area (Å²) in [5.74, 6) is -0.282. The van der Waals surface area contributed by atoms with Gasteiger partial charge in [0.15, 0.2) is 0 Å². The van der Waals surface area contributed by atoms with Gasteiger partial charge < -0.3 is 14.9 Å². The number of carbonyl (C=O) groups excluding carboxylic acids is 1. The number of hydrogen-bond acceptors (Lipinski definition) is 3. The number of nitrogens with zero attached hydrogens (tertiary/aromatic N) is 2. The van der Waals surface area contributed by atoms with E-state index in [-0.39, 0.29) is 36.3 Å². The molecular formula is C20H20BrFN2O2. The van der Waals surface area contributed by atoms with Crippen LogP contribution in [0.4, 0.5) is 10.1 Å². The molecule has 1 N–H and O–H groups in total. The standard InChI is InChI=1S/C20H20BrFN2O2/c1-23-17-7-4-13(21)10-16(17)19-15(18(23)11-25)8-9-24(19)20(26)12-2-5-14(22)6-3-12/h2-7,10,15,18-19,25H,8-9,11H2,1H3/t15-,18+,19-/m1/s1. The molecule has 26 heavy (non-hydrogen) atoms. The minimum Gasteiger partial charge on any atom is -0.394 e. The van der Waals surface area contributed by atoms with E-state index in [4.69, 9.17) is 0 Å². The molecular weight excluding hydrogens is 399 g/mol. The Balaban J connectivity index is 1.77. The van der Waals surface area contributed by atoms with Gasteiger partial charge in [-0.2, -0.15) is 0 Å². The number of halogens is 2. The number of likely N-dealkylation sites (N-methyl/N-ethyl adjacent to an activating group) is 1. The lowest BCUT2D eigenvalue weighted by Gasteiger charge is -2.44. The zero-order valence-corrected chi connectivity index (χ0v) is 16.0. The Hall–Kier alpha value is -1.92. The Morgan fingerprint density at radius 1 is 1.27 bits per heavy atom. The van der Waals surface area contributed by atoms with E-state index in [2.05, 4.69) is 26.9 Å². The van der Waals surface area contributed by atoms with E-state index in [0.29, 0.717) is 12.1 Å². The molecule has 6 heteroatoms. The molecule has 2 aliphatic heterocycles. The number of hydrogen-bond donors (Lipinski definition) is 1. The summed E-state index contributed by atoms with van der Waals surface area (Å²) >= 11 is 3.54. The minimum atomic E-state index is -0.352. The summed E-state index contributed by atoms with van der Waals surface area (Å²) in [5.41, 5.74) is 2.61. The van der Waals surface area contributed by atoms with E-state index in [1.54, 1.807) is 0 Å². The van der Waals surface area contributed by atoms with Gasteiger partial charge in [0.05, 0.1) is 18.7 Å². The van der Waals surface area contributed by atoms with Crippen LogP contribution >= 0.6 is 15.9 Å². The van der Waals surface area contributed by atoms with Gasteiger partial charge in [0.25, 0.3) is 5.91 Å². The van der Waals surface area contributed by atoms with E-state index in [1.165, 1.54) is 24.3 Å². The van der Waals surface area contributed by atoms with Gasteiger partial charge in [-0.25, -0.2) is 4.39 Å². The van der Waals surface area contributed by atoms with Gasteiger partial charge in [0.2, 0.25) is 0 Å². The zero-order valence-electron chi connectivity index (χ0n) is 14.4. The Labute approximate surface area is 160 Å². The quantitative estimate of drug-likeness (QED) is 0.809. The number of amides is 1. The van der Waals surface area contributed by atoms with Crippen LogP contribution < -0.4 is 4.90 Å². The first-order valence-electron chi connectivity index (χ1n) is 8.71. The molecule has 0 saturated carbocycles. The Kier molecular flexibility index (Phi) is 4.49. The summed E-state index contributed by atoms with van der Waals surface area (Å²) in [7, 11) is 1.99. The van der Waals surface area contributed by atoms with Gasteiger partial charge >= 0.3 is 0 Å². The highest BCUT2D eigenvalue weighted by molar-refractivity contribution is 9.10. The summed E-state index contributed by atoms with van der Waals surface area (Å²) in [5, 5.41) is 9.97. The van der Waals surface area contributed by atoms with Crippen molar-refractivity contribution in [3.63, 3.8) is 0 Å². The van der Waals surface area contributed by atoms with E-state index >= 15 is 0 Å². The van der Waals surface area contributed by atoms with E-state index in [0.717, 1.165) is 22.1 Å². The number of fused-ring (bicyclic) bond motifs is 3. The predicted octanol–water partition coefficient (Wildman–Crippen LogP) is 3.60. The highest BCUT2D eigenvalue weighted by atomic mass is 79.9. The van der Waals surface area contributed by atoms with Crippen LogP contribution in [0.5, 0.6) is 0 Å². The predicted molar refractivity (Wildman–Crippen MR) is 102 cm³/mol. The first kappa shape index (κ1) is 17.5. The SMILES string of the molecule is CN1c2ccc(Br)cc2[C@H]2[C@H](CCN2C(=O)c2ccc(F)cc2)[C@@H]1CO. The highest BCUT2D eigenvalue weighted by Crippen LogP contribution is 2.49. The Bertz CT molecular complexity index is 842. The number of anilines is 1. The molecule has 0 radical (unpaired) electrons. The molecule has 0 aromatic heterocycles. The first-order valence-corrected chi connectivity index (χ1v) is 9.50. The monoisotopic (exact) mass is 418 g/mol. The third kappa shape index (κ3) is 2.72. The van der Waals surface area contributed by atoms with Crippen LogP contribution in [0.2, 0.25) is 0 Å². The lowest BCUT2D eigenvalue weighted by molar-refractivity contribution is 0.0694. The maximum atomic E-state index is 13.2. The molecule has 0 aliphatic carbocycles. The first-order chi connectivity index (χ1) is 12.5. The molecule has 1 saturated heterocycles. The molecule has 0 unspecified atom stereocenters. The zero-order chi connectivity index (χ0) is 18.4. The third-order valence-electron chi connectivity index (χ3n) is 5.66. The number of likely N-dealkylation sites (tertiary alicyclic amines) is 1. The topological polar surface area (TPSA) is 43.8 Å². The van der Waals surface area contributed by atoms with Gasteiger partial charge in [-0.05, 0) is 54.4 Å². The maximum absolute atomic E-state index is 13.2. The van der Waals surface area contributed by atoms with Gasteiger partial charge in [-0.3, -0.25) is 4.79 Å². The van der Waals surface area contributed by atoms with Crippen molar-refractivity contribution in [3.05, 3.63) is 63.9 Å². The van der Waals surface area contributed by atoms with Crippen molar-refractivity contribution in [2.75, 3.05) is 25.1 Å². The molecule has 1 amide bonds. The number of rotatable bonds is 2. The second-order valence-electron chi connectivity index (χ2n) is 6.97. The highest BCUT2D eigenvalue weighted by Gasteiger charge is 2.47. The van der Waals surface area contributed by atoms with Gasteiger partial charge in [-0.15, -0.1) is 0 Å². The van der Waals surface area contributed by atoms with Gasteiger partial charge in [0, 0.05) is 35.2 Å². The molecule has 3 atom stereocenters. The van der Waals surface area contributed by atoms with Crippen LogP contribution in [0.15, 0.2) is 46.9 Å². The van der Waals surface area contributed by atoms with Crippen LogP contribution in [0, 0.1) is 11.7 Å². The van der Waals surface area contributed by atoms with Gasteiger partial charge in [0.1, 0.15) is 5.82 Å². The number of aliphatic hydroxyl groups excluding tert-OH is 1. The van der Waals surface area contributed by atoms with Crippen molar-refractivity contribution < 1.29 is 14.3 Å². The van der Waals surface area contributed by atoms with E-state index in [9.17, 15) is 14.3 Å². The number of benzene rings is 2. The van der Waals surface area contributed by atoms with Crippen molar-refractivity contribution in [1.82, 2.24) is 4.90 Å². The van der Waals surface area contributed by atoms with Gasteiger partial charge in [-0.1, -0.05) is 15.9 Å². The molecule has 0 spiro atoms. The van der Waals surface area contributed by atoms with Crippen molar-refractivity contribution in [1.29, 1.82) is 0 Å². The van der Waals surface area contributed by atoms with Crippen molar-refractivity contribution in [2.45, 2.75) is 18.5 Å². The fourth-order valence-corrected chi connectivity index (χ4v) is 4.79. The Morgan fingerprint density at radius 2 is 2.00 bits per heavy atom. The average molecular weight is 419 g/mol. The minimum absolute atomic E-state index is 0.0281. The van der Waals surface area contributed by atoms with Crippen molar-refractivity contribution >= 4 is 27.5 Å². The van der Waals surface area contributed by atoms with Crippen LogP contribution in [-0.2, 0) is 0 Å². The summed E-state index contributed by atoms with van der Waals surface area (Å²) in [6.07, 6.45) is 0.832. The van der Waals surface area contributed by atoms with E-state index < -0.39 is 0 Å². The molecule has 2 aliphatic rings. The molecule has 136 valence electrons.